The number of fused-ring (bicyclic) bond motifs is 1. The van der Waals surface area contributed by atoms with E-state index in [1.165, 1.54) is 6.61 Å². The van der Waals surface area contributed by atoms with Gasteiger partial charge in [-0.25, -0.2) is 0 Å². The van der Waals surface area contributed by atoms with E-state index in [-0.39, 0.29) is 34.6 Å². The fourth-order valence-corrected chi connectivity index (χ4v) is 1.48. The molecule has 1 radical (unpaired) electrons. The van der Waals surface area contributed by atoms with Gasteiger partial charge in [-0.15, -0.1) is 0 Å². The summed E-state index contributed by atoms with van der Waals surface area (Å²) in [7, 11) is 0. The minimum absolute atomic E-state index is 0. The van der Waals surface area contributed by atoms with Gasteiger partial charge >= 0.3 is 0 Å². The van der Waals surface area contributed by atoms with Crippen LogP contribution in [0.5, 0.6) is 0 Å². The molecule has 1 N–H and O–H groups in total. The Morgan fingerprint density at radius 3 is 2.85 bits per heavy atom. The molecular weight excluding hydrogens is 253 g/mol. The monoisotopic (exact) mass is 266 g/mol. The van der Waals surface area contributed by atoms with Crippen LogP contribution in [0.3, 0.4) is 0 Å². The standard InChI is InChI=1S/C8H13O4.Nb/c1-8(2)11-4-6-7(12-8)5(9)3-10-6;/h3,5-7,9H,4H2,1-2H3;/q-1;. The molecule has 0 aromatic carbocycles. The van der Waals surface area contributed by atoms with Gasteiger partial charge in [0, 0.05) is 22.4 Å². The maximum Gasteiger partial charge on any atom is 0.163 e. The molecule has 0 bridgehead atoms. The molecule has 0 saturated carbocycles. The number of aliphatic hydroxyl groups is 1. The number of rotatable bonds is 0. The molecule has 13 heavy (non-hydrogen) atoms. The van der Waals surface area contributed by atoms with Gasteiger partial charge in [0.1, 0.15) is 0 Å². The van der Waals surface area contributed by atoms with Crippen LogP contribution in [-0.2, 0) is 36.6 Å². The molecule has 0 spiro atoms. The first-order valence-corrected chi connectivity index (χ1v) is 4.07. The minimum atomic E-state index is -0.627. The van der Waals surface area contributed by atoms with E-state index in [0.29, 0.717) is 6.61 Å². The third kappa shape index (κ3) is 2.33. The number of ether oxygens (including phenoxy) is 3. The van der Waals surface area contributed by atoms with Crippen molar-refractivity contribution in [2.24, 2.45) is 0 Å². The van der Waals surface area contributed by atoms with Gasteiger partial charge in [-0.3, -0.25) is 0 Å². The molecule has 75 valence electrons. The topological polar surface area (TPSA) is 47.9 Å². The molecule has 2 fully saturated rings. The molecule has 0 aromatic rings. The number of aliphatic hydroxyl groups excluding tert-OH is 1. The molecule has 0 aliphatic carbocycles. The van der Waals surface area contributed by atoms with Gasteiger partial charge in [0.2, 0.25) is 0 Å². The molecular formula is C8H13NbO4-. The molecule has 0 aromatic heterocycles. The van der Waals surface area contributed by atoms with Crippen LogP contribution >= 0.6 is 0 Å². The minimum Gasteiger partial charge on any atom is -0.544 e. The van der Waals surface area contributed by atoms with Crippen LogP contribution in [0.4, 0.5) is 0 Å². The van der Waals surface area contributed by atoms with Crippen molar-refractivity contribution in [3.63, 3.8) is 0 Å². The Bertz CT molecular complexity index is 185. The van der Waals surface area contributed by atoms with Crippen molar-refractivity contribution in [1.29, 1.82) is 0 Å². The normalized spacial score (nSPS) is 42.2. The summed E-state index contributed by atoms with van der Waals surface area (Å²) in [5, 5.41) is 9.40. The van der Waals surface area contributed by atoms with Gasteiger partial charge in [-0.2, -0.15) is 6.61 Å². The maximum absolute atomic E-state index is 9.40. The summed E-state index contributed by atoms with van der Waals surface area (Å²) in [4.78, 5) is 0. The summed E-state index contributed by atoms with van der Waals surface area (Å²) in [5.41, 5.74) is 0. The molecule has 2 saturated heterocycles. The van der Waals surface area contributed by atoms with E-state index in [1.807, 2.05) is 13.8 Å². The molecule has 3 atom stereocenters. The first kappa shape index (κ1) is 11.7. The Morgan fingerprint density at radius 2 is 2.15 bits per heavy atom. The Hall–Kier alpha value is 0.580. The molecule has 0 amide bonds. The summed E-state index contributed by atoms with van der Waals surface area (Å²) >= 11 is 0. The van der Waals surface area contributed by atoms with Gasteiger partial charge in [0.05, 0.1) is 18.8 Å². The quantitative estimate of drug-likeness (QED) is 0.497. The maximum atomic E-state index is 9.40. The first-order chi connectivity index (χ1) is 5.58. The SMILES string of the molecule is CC1(C)OCC2O[CH-]C(O)C2O1.[Nb]. The smallest absolute Gasteiger partial charge is 0.163 e. The molecule has 2 rings (SSSR count). The summed E-state index contributed by atoms with van der Waals surface area (Å²) in [6.07, 6.45) is -1.04. The summed E-state index contributed by atoms with van der Waals surface area (Å²) in [6, 6.07) is 0. The van der Waals surface area contributed by atoms with E-state index in [2.05, 4.69) is 0 Å². The molecule has 3 unspecified atom stereocenters. The van der Waals surface area contributed by atoms with E-state index in [0.717, 1.165) is 0 Å². The van der Waals surface area contributed by atoms with E-state index >= 15 is 0 Å². The zero-order valence-corrected chi connectivity index (χ0v) is 9.83. The number of hydrogen-bond acceptors (Lipinski definition) is 4. The molecule has 5 heteroatoms. The van der Waals surface area contributed by atoms with Crippen LogP contribution in [-0.4, -0.2) is 35.8 Å². The van der Waals surface area contributed by atoms with Crippen molar-refractivity contribution in [2.75, 3.05) is 6.61 Å². The molecule has 2 aliphatic rings. The van der Waals surface area contributed by atoms with Crippen molar-refractivity contribution < 1.29 is 41.7 Å². The fourth-order valence-electron chi connectivity index (χ4n) is 1.48. The Labute approximate surface area is 93.1 Å². The Balaban J connectivity index is 0.000000845. The van der Waals surface area contributed by atoms with E-state index < -0.39 is 11.9 Å². The van der Waals surface area contributed by atoms with Crippen LogP contribution in [0, 0.1) is 6.61 Å². The van der Waals surface area contributed by atoms with Crippen LogP contribution < -0.4 is 0 Å². The van der Waals surface area contributed by atoms with Gasteiger partial charge in [-0.1, -0.05) is 0 Å². The van der Waals surface area contributed by atoms with E-state index in [9.17, 15) is 5.11 Å². The van der Waals surface area contributed by atoms with Gasteiger partial charge in [-0.05, 0) is 20.0 Å². The molecule has 2 aliphatic heterocycles. The molecule has 4 nitrogen and oxygen atoms in total. The summed E-state index contributed by atoms with van der Waals surface area (Å²) in [6.45, 7) is 5.54. The van der Waals surface area contributed by atoms with Crippen LogP contribution in [0.25, 0.3) is 0 Å². The third-order valence-electron chi connectivity index (χ3n) is 2.11. The van der Waals surface area contributed by atoms with Gasteiger partial charge in [0.15, 0.2) is 5.79 Å². The number of hydrogen-bond donors (Lipinski definition) is 1. The third-order valence-corrected chi connectivity index (χ3v) is 2.11. The Kier molecular flexibility index (Phi) is 3.57. The second-order valence-corrected chi connectivity index (χ2v) is 3.59. The van der Waals surface area contributed by atoms with Crippen LogP contribution in [0.1, 0.15) is 13.8 Å². The van der Waals surface area contributed by atoms with E-state index in [4.69, 9.17) is 14.2 Å². The predicted octanol–water partition coefficient (Wildman–Crippen LogP) is 0.0569. The van der Waals surface area contributed by atoms with Crippen molar-refractivity contribution in [3.05, 3.63) is 6.61 Å². The van der Waals surface area contributed by atoms with E-state index in [1.54, 1.807) is 0 Å². The van der Waals surface area contributed by atoms with Crippen molar-refractivity contribution in [2.45, 2.75) is 37.9 Å². The zero-order chi connectivity index (χ0) is 8.77. The first-order valence-electron chi connectivity index (χ1n) is 4.07. The Morgan fingerprint density at radius 1 is 1.46 bits per heavy atom. The van der Waals surface area contributed by atoms with Crippen LogP contribution in [0.15, 0.2) is 0 Å². The van der Waals surface area contributed by atoms with Crippen molar-refractivity contribution in [1.82, 2.24) is 0 Å². The van der Waals surface area contributed by atoms with Gasteiger partial charge < -0.3 is 19.3 Å². The predicted molar refractivity (Wildman–Crippen MR) is 40.1 cm³/mol. The van der Waals surface area contributed by atoms with Crippen LogP contribution in [0.2, 0.25) is 0 Å². The second kappa shape index (κ2) is 3.98. The fraction of sp³-hybridized carbons (Fsp3) is 0.875. The average molecular weight is 266 g/mol. The molecule has 2 heterocycles. The van der Waals surface area contributed by atoms with Crippen molar-refractivity contribution >= 4 is 0 Å². The zero-order valence-electron chi connectivity index (χ0n) is 7.64. The summed E-state index contributed by atoms with van der Waals surface area (Å²) in [5.74, 6) is -0.607. The average Bonchev–Trinajstić information content (AvgIpc) is 2.31. The van der Waals surface area contributed by atoms with Crippen molar-refractivity contribution in [3.8, 4) is 0 Å². The summed E-state index contributed by atoms with van der Waals surface area (Å²) < 4.78 is 16.0. The second-order valence-electron chi connectivity index (χ2n) is 3.59. The largest absolute Gasteiger partial charge is 0.544 e. The van der Waals surface area contributed by atoms with Gasteiger partial charge in [0.25, 0.3) is 0 Å².